The summed E-state index contributed by atoms with van der Waals surface area (Å²) in [5, 5.41) is 4.44. The van der Waals surface area contributed by atoms with E-state index < -0.39 is 11.6 Å². The number of aromatic nitrogens is 1. The van der Waals surface area contributed by atoms with Gasteiger partial charge in [0.2, 0.25) is 0 Å². The molecular weight excluding hydrogens is 453 g/mol. The van der Waals surface area contributed by atoms with Crippen LogP contribution in [0.4, 0.5) is 24.7 Å². The second kappa shape index (κ2) is 9.47. The van der Waals surface area contributed by atoms with Gasteiger partial charge in [-0.05, 0) is 49.2 Å². The highest BCUT2D eigenvalue weighted by Crippen LogP contribution is 2.36. The fourth-order valence-electron chi connectivity index (χ4n) is 3.07. The van der Waals surface area contributed by atoms with Crippen LogP contribution in [0.25, 0.3) is 0 Å². The molecule has 1 saturated heterocycles. The van der Waals surface area contributed by atoms with E-state index in [4.69, 9.17) is 11.6 Å². The first-order chi connectivity index (χ1) is 14.5. The van der Waals surface area contributed by atoms with Gasteiger partial charge in [0.25, 0.3) is 0 Å². The van der Waals surface area contributed by atoms with Crippen LogP contribution in [0.2, 0.25) is 5.02 Å². The monoisotopic (exact) mass is 470 g/mol. The third-order valence-electron chi connectivity index (χ3n) is 4.82. The van der Waals surface area contributed by atoms with Gasteiger partial charge in [-0.2, -0.15) is 0 Å². The van der Waals surface area contributed by atoms with Gasteiger partial charge in [-0.25, -0.2) is 18.2 Å². The number of thiazole rings is 1. The van der Waals surface area contributed by atoms with E-state index in [1.165, 1.54) is 17.4 Å². The van der Waals surface area contributed by atoms with Crippen molar-refractivity contribution in [3.05, 3.63) is 68.8 Å². The average Bonchev–Trinajstić information content (AvgIpc) is 3.21. The number of likely N-dealkylation sites (tertiary alicyclic amines) is 1. The van der Waals surface area contributed by atoms with Crippen LogP contribution in [0.15, 0.2) is 40.1 Å². The summed E-state index contributed by atoms with van der Waals surface area (Å²) in [5.74, 6) is -1.41. The molecule has 1 fully saturated rings. The van der Waals surface area contributed by atoms with Crippen LogP contribution in [0, 0.1) is 17.5 Å². The zero-order chi connectivity index (χ0) is 21.1. The molecule has 0 atom stereocenters. The predicted molar refractivity (Wildman–Crippen MR) is 117 cm³/mol. The van der Waals surface area contributed by atoms with Crippen molar-refractivity contribution in [3.8, 4) is 0 Å². The summed E-state index contributed by atoms with van der Waals surface area (Å²) in [6.07, 6.45) is 1.11. The molecule has 0 bridgehead atoms. The van der Waals surface area contributed by atoms with Crippen LogP contribution in [0.1, 0.15) is 17.5 Å². The van der Waals surface area contributed by atoms with Gasteiger partial charge in [0, 0.05) is 24.0 Å². The number of halogens is 4. The van der Waals surface area contributed by atoms with Crippen molar-refractivity contribution < 1.29 is 13.2 Å². The summed E-state index contributed by atoms with van der Waals surface area (Å²) >= 11 is 8.27. The van der Waals surface area contributed by atoms with E-state index in [-0.39, 0.29) is 28.0 Å². The largest absolute Gasteiger partial charge is 0.380 e. The molecule has 0 saturated carbocycles. The fraction of sp³-hybridized carbons (Fsp3) is 0.250. The molecule has 0 aliphatic carbocycles. The normalized spacial score (nSPS) is 13.9. The Kier molecular flexibility index (Phi) is 6.72. The zero-order valence-electron chi connectivity index (χ0n) is 15.7. The first kappa shape index (κ1) is 21.3. The van der Waals surface area contributed by atoms with Gasteiger partial charge in [0.1, 0.15) is 27.4 Å². The van der Waals surface area contributed by atoms with E-state index in [0.717, 1.165) is 43.1 Å². The van der Waals surface area contributed by atoms with Gasteiger partial charge in [0.15, 0.2) is 5.82 Å². The van der Waals surface area contributed by atoms with Crippen LogP contribution in [-0.4, -0.2) is 23.0 Å². The second-order valence-electron chi connectivity index (χ2n) is 6.80. The minimum absolute atomic E-state index is 0.115. The highest BCUT2D eigenvalue weighted by molar-refractivity contribution is 8.00. The SMILES string of the molecule is Fc1cccc(CNc2cc(F)c(SNc3cscn3)c(F)c2Cl)c1CN1CCC1. The lowest BCUT2D eigenvalue weighted by molar-refractivity contribution is 0.170. The van der Waals surface area contributed by atoms with Crippen LogP contribution >= 0.6 is 34.9 Å². The third kappa shape index (κ3) is 4.69. The van der Waals surface area contributed by atoms with Gasteiger partial charge in [-0.3, -0.25) is 4.90 Å². The van der Waals surface area contributed by atoms with E-state index in [1.54, 1.807) is 23.0 Å². The molecular formula is C20H18ClF3N4S2. The highest BCUT2D eigenvalue weighted by atomic mass is 35.5. The molecule has 0 radical (unpaired) electrons. The van der Waals surface area contributed by atoms with Gasteiger partial charge < -0.3 is 10.0 Å². The Morgan fingerprint density at radius 3 is 2.73 bits per heavy atom. The molecule has 4 rings (SSSR count). The molecule has 10 heteroatoms. The van der Waals surface area contributed by atoms with Gasteiger partial charge in [-0.1, -0.05) is 23.7 Å². The summed E-state index contributed by atoms with van der Waals surface area (Å²) in [6.45, 7) is 2.59. The van der Waals surface area contributed by atoms with Gasteiger partial charge in [-0.15, -0.1) is 11.3 Å². The number of hydrogen-bond donors (Lipinski definition) is 2. The molecule has 2 N–H and O–H groups in total. The van der Waals surface area contributed by atoms with E-state index >= 15 is 0 Å². The topological polar surface area (TPSA) is 40.2 Å². The van der Waals surface area contributed by atoms with Crippen molar-refractivity contribution in [3.63, 3.8) is 0 Å². The molecule has 30 heavy (non-hydrogen) atoms. The van der Waals surface area contributed by atoms with Gasteiger partial charge in [0.05, 0.1) is 11.2 Å². The van der Waals surface area contributed by atoms with E-state index in [2.05, 4.69) is 19.9 Å². The third-order valence-corrected chi connectivity index (χ3v) is 6.67. The molecule has 1 aliphatic heterocycles. The van der Waals surface area contributed by atoms with Gasteiger partial charge >= 0.3 is 0 Å². The second-order valence-corrected chi connectivity index (χ2v) is 8.71. The Labute approximate surface area is 185 Å². The van der Waals surface area contributed by atoms with Crippen molar-refractivity contribution in [2.75, 3.05) is 23.1 Å². The van der Waals surface area contributed by atoms with Crippen LogP contribution in [-0.2, 0) is 13.1 Å². The maximum atomic E-state index is 14.7. The number of nitrogens with zero attached hydrogens (tertiary/aromatic N) is 2. The Morgan fingerprint density at radius 2 is 2.03 bits per heavy atom. The standard InChI is InChI=1S/C20H18ClF3N4S2/c21-18-16(7-15(23)20(19(18)24)30-27-17-10-29-11-26-17)25-8-12-3-1-4-14(22)13(12)9-28-5-2-6-28/h1,3-4,7,10-11,25,27H,2,5-6,8-9H2. The Bertz CT molecular complexity index is 1030. The molecule has 1 aliphatic rings. The zero-order valence-corrected chi connectivity index (χ0v) is 18.1. The number of nitrogens with one attached hydrogen (secondary N) is 2. The number of rotatable bonds is 8. The lowest BCUT2D eigenvalue weighted by Gasteiger charge is -2.31. The molecule has 0 amide bonds. The maximum absolute atomic E-state index is 14.7. The molecule has 0 unspecified atom stereocenters. The highest BCUT2D eigenvalue weighted by Gasteiger charge is 2.20. The van der Waals surface area contributed by atoms with Crippen molar-refractivity contribution in [2.24, 2.45) is 0 Å². The molecule has 0 spiro atoms. The number of hydrogen-bond acceptors (Lipinski definition) is 6. The minimum Gasteiger partial charge on any atom is -0.380 e. The van der Waals surface area contributed by atoms with Crippen molar-refractivity contribution in [2.45, 2.75) is 24.4 Å². The molecule has 1 aromatic heterocycles. The summed E-state index contributed by atoms with van der Waals surface area (Å²) in [7, 11) is 0. The Hall–Kier alpha value is -1.94. The van der Waals surface area contributed by atoms with Crippen molar-refractivity contribution in [1.29, 1.82) is 0 Å². The molecule has 4 nitrogen and oxygen atoms in total. The summed E-state index contributed by atoms with van der Waals surface area (Å²) in [4.78, 5) is 5.90. The molecule has 3 aromatic rings. The quantitative estimate of drug-likeness (QED) is 0.305. The van der Waals surface area contributed by atoms with Crippen LogP contribution in [0.5, 0.6) is 0 Å². The van der Waals surface area contributed by atoms with Crippen molar-refractivity contribution in [1.82, 2.24) is 9.88 Å². The molecule has 2 heterocycles. The van der Waals surface area contributed by atoms with E-state index in [1.807, 2.05) is 0 Å². The predicted octanol–water partition coefficient (Wildman–Crippen LogP) is 6.15. The smallest absolute Gasteiger partial charge is 0.162 e. The minimum atomic E-state index is -0.869. The lowest BCUT2D eigenvalue weighted by atomic mass is 10.0. The number of benzene rings is 2. The van der Waals surface area contributed by atoms with E-state index in [9.17, 15) is 13.2 Å². The van der Waals surface area contributed by atoms with Crippen LogP contribution in [0.3, 0.4) is 0 Å². The molecule has 2 aromatic carbocycles. The summed E-state index contributed by atoms with van der Waals surface area (Å²) in [5.41, 5.74) is 3.03. The van der Waals surface area contributed by atoms with Crippen LogP contribution < -0.4 is 10.0 Å². The maximum Gasteiger partial charge on any atom is 0.162 e. The van der Waals surface area contributed by atoms with Crippen molar-refractivity contribution >= 4 is 46.4 Å². The average molecular weight is 471 g/mol. The fourth-order valence-corrected chi connectivity index (χ4v) is 4.56. The molecule has 158 valence electrons. The summed E-state index contributed by atoms with van der Waals surface area (Å²) < 4.78 is 46.3. The van der Waals surface area contributed by atoms with E-state index in [0.29, 0.717) is 17.9 Å². The first-order valence-corrected chi connectivity index (χ1v) is 11.4. The first-order valence-electron chi connectivity index (χ1n) is 9.24. The Morgan fingerprint density at radius 1 is 1.20 bits per heavy atom. The summed E-state index contributed by atoms with van der Waals surface area (Å²) in [6, 6.07) is 5.99. The number of anilines is 2. The Balaban J connectivity index is 1.49. The lowest BCUT2D eigenvalue weighted by Crippen LogP contribution is -2.36.